The van der Waals surface area contributed by atoms with Gasteiger partial charge in [0.25, 0.3) is 12.4 Å². The first kappa shape index (κ1) is 70.5. The van der Waals surface area contributed by atoms with Crippen molar-refractivity contribution in [2.75, 3.05) is 19.7 Å². The second kappa shape index (κ2) is 41.7. The molecule has 0 aromatic rings. The van der Waals surface area contributed by atoms with E-state index in [1.807, 2.05) is 13.8 Å². The maximum absolute atomic E-state index is 12.8. The van der Waals surface area contributed by atoms with Crippen molar-refractivity contribution >= 4 is 18.4 Å². The fraction of sp³-hybridized carbons (Fsp3) is 0.642. The van der Waals surface area contributed by atoms with Gasteiger partial charge < -0.3 is 25.0 Å². The van der Waals surface area contributed by atoms with Crippen LogP contribution in [0, 0.1) is 142 Å². The largest absolute Gasteiger partial charge is 0.483 e. The minimum atomic E-state index is -0.833. The molecule has 8 nitrogen and oxygen atoms in total. The summed E-state index contributed by atoms with van der Waals surface area (Å²) in [6.07, 6.45) is 69.0. The van der Waals surface area contributed by atoms with Gasteiger partial charge in [0.05, 0.1) is 19.3 Å². The summed E-state index contributed by atoms with van der Waals surface area (Å²) in [4.78, 5) is 30.2. The number of hydrogen-bond donors (Lipinski definition) is 3. The summed E-state index contributed by atoms with van der Waals surface area (Å²) in [5, 5.41) is 17.6. The molecule has 5 unspecified atom stereocenters. The zero-order valence-corrected chi connectivity index (χ0v) is 40.1. The molecule has 0 radical (unpaired) electrons. The Bertz CT molecular complexity index is 1240. The molecule has 61 heavy (non-hydrogen) atoms. The number of carbonyl (C=O) groups excluding carboxylic acids is 1. The molecule has 1 saturated heterocycles. The van der Waals surface area contributed by atoms with Gasteiger partial charge in [-0.25, -0.2) is 0 Å². The Morgan fingerprint density at radius 1 is 0.934 bits per heavy atom. The number of carboxylic acids is 1. The van der Waals surface area contributed by atoms with Crippen LogP contribution in [0.3, 0.4) is 0 Å². The Kier molecular flexibility index (Phi) is 48.2. The number of carboxylic acid groups (broad SMARTS) is 2. The van der Waals surface area contributed by atoms with Crippen molar-refractivity contribution in [3.05, 3.63) is 11.6 Å². The van der Waals surface area contributed by atoms with Crippen LogP contribution in [0.25, 0.3) is 0 Å². The van der Waals surface area contributed by atoms with E-state index in [1.165, 1.54) is 44.9 Å². The zero-order chi connectivity index (χ0) is 50.2. The van der Waals surface area contributed by atoms with Gasteiger partial charge in [-0.15, -0.1) is 89.9 Å². The Hall–Kier alpha value is -5.01. The van der Waals surface area contributed by atoms with Gasteiger partial charge in [-0.05, 0) is 98.7 Å². The van der Waals surface area contributed by atoms with E-state index in [1.54, 1.807) is 5.57 Å². The Morgan fingerprint density at radius 3 is 1.80 bits per heavy atom. The number of allylic oxidation sites excluding steroid dienone is 1. The average molecular weight is 848 g/mol. The topological polar surface area (TPSA) is 122 Å². The number of terminal acetylenes is 7. The molecular formula is C53H85NO7. The molecule has 344 valence electrons. The highest BCUT2D eigenvalue weighted by molar-refractivity contribution is 5.71. The minimum Gasteiger partial charge on any atom is -0.483 e. The Morgan fingerprint density at radius 2 is 1.39 bits per heavy atom. The average Bonchev–Trinajstić information content (AvgIpc) is 3.26. The van der Waals surface area contributed by atoms with Crippen LogP contribution in [0.4, 0.5) is 0 Å². The van der Waals surface area contributed by atoms with Crippen molar-refractivity contribution in [1.29, 1.82) is 0 Å². The Balaban J connectivity index is -0.000000217. The van der Waals surface area contributed by atoms with Crippen LogP contribution in [0.2, 0.25) is 0 Å². The normalized spacial score (nSPS) is 25.9. The second-order valence-electron chi connectivity index (χ2n) is 16.3. The van der Waals surface area contributed by atoms with E-state index in [2.05, 4.69) is 164 Å². The molecule has 3 N–H and O–H groups in total. The molecule has 0 amide bonds. The first-order valence-corrected chi connectivity index (χ1v) is 20.8. The van der Waals surface area contributed by atoms with Crippen molar-refractivity contribution in [2.45, 2.75) is 147 Å². The number of aliphatic carboxylic acids is 1. The van der Waals surface area contributed by atoms with E-state index >= 15 is 0 Å². The third-order valence-electron chi connectivity index (χ3n) is 11.4. The lowest BCUT2D eigenvalue weighted by Crippen LogP contribution is -2.59. The molecule has 3 fully saturated rings. The lowest BCUT2D eigenvalue weighted by molar-refractivity contribution is -0.184. The molecule has 1 aliphatic heterocycles. The molecule has 9 atom stereocenters. The molecule has 8 heteroatoms. The van der Waals surface area contributed by atoms with Crippen molar-refractivity contribution in [1.82, 2.24) is 5.32 Å². The standard InChI is InChI=1S/C34H59NO3.C2H4O2.C2H6.7C2H2.CH2O2/c1-10-30(38-31(36)19-35-21-32(5,6)7)26-20-37-23(4)34(9)27(26)13-14-28-29(34)12-11-25-18-24(17-22(2)3)15-16-33(25,28)8;1-2(3)4;8*1-2;2-1-3/h12,22-28,30,35H,10-11,13-21H2,1-9H3;1H3,(H,3,4);1-2H3;7*1-2H;1H,(H,2,3)/t23-,24?,25?,26+,27?,28?,30-,33-,34?;;;;;;;;;;/m0........../s1. The van der Waals surface area contributed by atoms with Gasteiger partial charge in [-0.3, -0.25) is 14.4 Å². The van der Waals surface area contributed by atoms with E-state index in [9.17, 15) is 4.79 Å². The molecule has 0 spiro atoms. The van der Waals surface area contributed by atoms with Gasteiger partial charge in [-0.1, -0.05) is 80.9 Å². The van der Waals surface area contributed by atoms with E-state index in [4.69, 9.17) is 29.3 Å². The van der Waals surface area contributed by atoms with Gasteiger partial charge in [0, 0.05) is 24.8 Å². The SMILES string of the molecule is C#C.C#C.C#C.C#C.C#C.C#C.C#C.CC.CC(=O)O.CC[C@H](OC(=O)CNCC(C)(C)C)[C@@H]1CO[C@@H](C)C2(C)C3=CCC4CC(CC(C)C)CC[C@]4(C)C3CCC12.O=CO. The summed E-state index contributed by atoms with van der Waals surface area (Å²) in [5.41, 5.74) is 2.29. The van der Waals surface area contributed by atoms with Gasteiger partial charge in [0.2, 0.25) is 0 Å². The van der Waals surface area contributed by atoms with Crippen LogP contribution in [0.15, 0.2) is 11.6 Å². The number of nitrogens with one attached hydrogen (secondary N) is 1. The van der Waals surface area contributed by atoms with Crippen LogP contribution in [-0.2, 0) is 23.9 Å². The molecule has 3 aliphatic carbocycles. The van der Waals surface area contributed by atoms with Crippen molar-refractivity contribution < 1.29 is 34.1 Å². The zero-order valence-electron chi connectivity index (χ0n) is 40.1. The third kappa shape index (κ3) is 24.7. The molecule has 4 aliphatic rings. The first-order valence-electron chi connectivity index (χ1n) is 20.8. The van der Waals surface area contributed by atoms with E-state index < -0.39 is 5.97 Å². The number of rotatable bonds is 8. The maximum atomic E-state index is 12.8. The summed E-state index contributed by atoms with van der Waals surface area (Å²) in [5.74, 6) is 3.04. The molecule has 0 aromatic heterocycles. The quantitative estimate of drug-likeness (QED) is 0.0956. The van der Waals surface area contributed by atoms with E-state index in [-0.39, 0.29) is 47.9 Å². The maximum Gasteiger partial charge on any atom is 0.320 e. The molecule has 0 bridgehead atoms. The third-order valence-corrected chi connectivity index (χ3v) is 11.4. The molecule has 0 aromatic carbocycles. The first-order chi connectivity index (χ1) is 28.9. The summed E-state index contributed by atoms with van der Waals surface area (Å²) >= 11 is 0. The number of fused-ring (bicyclic) bond motifs is 5. The van der Waals surface area contributed by atoms with Gasteiger partial charge in [0.15, 0.2) is 0 Å². The van der Waals surface area contributed by atoms with Crippen LogP contribution < -0.4 is 5.32 Å². The highest BCUT2D eigenvalue weighted by Crippen LogP contribution is 2.65. The van der Waals surface area contributed by atoms with Gasteiger partial charge >= 0.3 is 5.97 Å². The van der Waals surface area contributed by atoms with Crippen LogP contribution >= 0.6 is 0 Å². The fourth-order valence-electron chi connectivity index (χ4n) is 9.25. The predicted octanol–water partition coefficient (Wildman–Crippen LogP) is 10.4. The predicted molar refractivity (Wildman–Crippen MR) is 259 cm³/mol. The summed E-state index contributed by atoms with van der Waals surface area (Å²) in [6, 6.07) is 0. The van der Waals surface area contributed by atoms with E-state index in [0.29, 0.717) is 23.9 Å². The van der Waals surface area contributed by atoms with Crippen molar-refractivity contribution in [2.24, 2.45) is 51.8 Å². The van der Waals surface area contributed by atoms with Crippen molar-refractivity contribution in [3.63, 3.8) is 0 Å². The van der Waals surface area contributed by atoms with Crippen LogP contribution in [0.5, 0.6) is 0 Å². The van der Waals surface area contributed by atoms with Crippen LogP contribution in [-0.4, -0.2) is 60.5 Å². The van der Waals surface area contributed by atoms with Crippen molar-refractivity contribution in [3.8, 4) is 89.9 Å². The fourth-order valence-corrected chi connectivity index (χ4v) is 9.25. The molecular weight excluding hydrogens is 763 g/mol. The number of carbonyl (C=O) groups is 3. The van der Waals surface area contributed by atoms with Gasteiger partial charge in [0.1, 0.15) is 6.10 Å². The number of ether oxygens (including phenoxy) is 2. The molecule has 2 saturated carbocycles. The number of hydrogen-bond acceptors (Lipinski definition) is 6. The second-order valence-corrected chi connectivity index (χ2v) is 16.3. The summed E-state index contributed by atoms with van der Waals surface area (Å²) < 4.78 is 12.8. The van der Waals surface area contributed by atoms with Gasteiger partial charge in [-0.2, -0.15) is 0 Å². The van der Waals surface area contributed by atoms with Crippen LogP contribution in [0.1, 0.15) is 134 Å². The summed E-state index contributed by atoms with van der Waals surface area (Å²) in [7, 11) is 0. The lowest BCUT2D eigenvalue weighted by Gasteiger charge is -2.63. The summed E-state index contributed by atoms with van der Waals surface area (Å²) in [6.45, 7) is 27.5. The molecule has 4 rings (SSSR count). The Labute approximate surface area is 376 Å². The highest BCUT2D eigenvalue weighted by Gasteiger charge is 2.60. The lowest BCUT2D eigenvalue weighted by atomic mass is 9.44. The minimum absolute atomic E-state index is 0.0267. The smallest absolute Gasteiger partial charge is 0.320 e. The number of esters is 1. The molecule has 1 heterocycles. The monoisotopic (exact) mass is 848 g/mol. The highest BCUT2D eigenvalue weighted by atomic mass is 16.5. The van der Waals surface area contributed by atoms with E-state index in [0.717, 1.165) is 37.6 Å².